The molecule has 0 saturated carbocycles. The Hall–Kier alpha value is -1.94. The number of hydrazone groups is 1. The quantitative estimate of drug-likeness (QED) is 0.269. The number of benzene rings is 3. The minimum Gasteiger partial charge on any atom is -0.272 e. The second kappa shape index (κ2) is 11.5. The van der Waals surface area contributed by atoms with Gasteiger partial charge in [-0.05, 0) is 48.0 Å². The Morgan fingerprint density at radius 3 is 2.36 bits per heavy atom. The molecule has 172 valence electrons. The third-order valence-electron chi connectivity index (χ3n) is 4.41. The number of nitrogens with zero attached hydrogens (tertiary/aromatic N) is 2. The van der Waals surface area contributed by atoms with E-state index in [9.17, 15) is 13.2 Å². The summed E-state index contributed by atoms with van der Waals surface area (Å²) in [5.74, 6) is -0.615. The molecular formula is C22H17BrCl3N3O3S. The van der Waals surface area contributed by atoms with Gasteiger partial charge >= 0.3 is 0 Å². The molecular weight excluding hydrogens is 573 g/mol. The molecule has 0 bridgehead atoms. The molecule has 0 unspecified atom stereocenters. The predicted molar refractivity (Wildman–Crippen MR) is 135 cm³/mol. The van der Waals surface area contributed by atoms with E-state index in [2.05, 4.69) is 26.5 Å². The number of halogens is 4. The molecule has 0 spiro atoms. The van der Waals surface area contributed by atoms with Crippen molar-refractivity contribution >= 4 is 72.9 Å². The van der Waals surface area contributed by atoms with E-state index in [1.54, 1.807) is 24.3 Å². The van der Waals surface area contributed by atoms with E-state index in [1.807, 2.05) is 18.2 Å². The topological polar surface area (TPSA) is 78.8 Å². The Kier molecular flexibility index (Phi) is 8.92. The highest BCUT2D eigenvalue weighted by atomic mass is 79.9. The number of nitrogens with one attached hydrogen (secondary N) is 1. The fourth-order valence-corrected chi connectivity index (χ4v) is 4.99. The molecule has 0 aliphatic carbocycles. The molecule has 6 nitrogen and oxygen atoms in total. The average Bonchev–Trinajstić information content (AvgIpc) is 2.77. The Bertz CT molecular complexity index is 1290. The van der Waals surface area contributed by atoms with Gasteiger partial charge in [0.1, 0.15) is 0 Å². The summed E-state index contributed by atoms with van der Waals surface area (Å²) in [7, 11) is -4.04. The molecule has 3 aromatic rings. The minimum absolute atomic E-state index is 0.00326. The molecule has 3 aromatic carbocycles. The van der Waals surface area contributed by atoms with Crippen LogP contribution in [0.15, 0.2) is 81.2 Å². The van der Waals surface area contributed by atoms with Crippen molar-refractivity contribution in [3.05, 3.63) is 97.4 Å². The molecule has 0 atom stereocenters. The zero-order valence-corrected chi connectivity index (χ0v) is 21.6. The summed E-state index contributed by atoms with van der Waals surface area (Å²) in [6, 6.07) is 17.8. The van der Waals surface area contributed by atoms with E-state index in [0.717, 1.165) is 14.3 Å². The summed E-state index contributed by atoms with van der Waals surface area (Å²) in [5.41, 5.74) is 3.67. The van der Waals surface area contributed by atoms with E-state index in [-0.39, 0.29) is 16.5 Å². The Morgan fingerprint density at radius 1 is 1.00 bits per heavy atom. The van der Waals surface area contributed by atoms with Crippen molar-refractivity contribution in [2.75, 3.05) is 6.54 Å². The second-order valence-electron chi connectivity index (χ2n) is 6.79. The first-order valence-corrected chi connectivity index (χ1v) is 12.8. The van der Waals surface area contributed by atoms with Gasteiger partial charge in [0.05, 0.1) is 27.7 Å². The van der Waals surface area contributed by atoms with E-state index in [0.29, 0.717) is 15.6 Å². The van der Waals surface area contributed by atoms with E-state index in [1.165, 1.54) is 30.5 Å². The summed E-state index contributed by atoms with van der Waals surface area (Å²) < 4.78 is 28.4. The van der Waals surface area contributed by atoms with Gasteiger partial charge in [-0.3, -0.25) is 4.79 Å². The fraction of sp³-hybridized carbons (Fsp3) is 0.0909. The molecule has 0 aliphatic rings. The van der Waals surface area contributed by atoms with Crippen LogP contribution in [-0.4, -0.2) is 31.4 Å². The van der Waals surface area contributed by atoms with Crippen molar-refractivity contribution in [1.29, 1.82) is 0 Å². The molecule has 1 amide bonds. The number of hydrogen-bond donors (Lipinski definition) is 1. The van der Waals surface area contributed by atoms with Crippen LogP contribution in [0.4, 0.5) is 0 Å². The predicted octanol–water partition coefficient (Wildman–Crippen LogP) is 5.75. The van der Waals surface area contributed by atoms with Gasteiger partial charge < -0.3 is 0 Å². The van der Waals surface area contributed by atoms with Crippen molar-refractivity contribution in [1.82, 2.24) is 9.73 Å². The van der Waals surface area contributed by atoms with Crippen molar-refractivity contribution in [2.24, 2.45) is 5.10 Å². The number of amides is 1. The first-order valence-electron chi connectivity index (χ1n) is 9.43. The minimum atomic E-state index is -4.04. The van der Waals surface area contributed by atoms with Crippen LogP contribution in [0.2, 0.25) is 15.1 Å². The maximum absolute atomic E-state index is 13.3. The zero-order chi connectivity index (χ0) is 24.0. The maximum atomic E-state index is 13.3. The molecule has 11 heteroatoms. The monoisotopic (exact) mass is 587 g/mol. The molecule has 0 fully saturated rings. The highest BCUT2D eigenvalue weighted by Gasteiger charge is 2.27. The van der Waals surface area contributed by atoms with Crippen molar-refractivity contribution in [3.8, 4) is 0 Å². The van der Waals surface area contributed by atoms with Crippen LogP contribution in [0, 0.1) is 0 Å². The van der Waals surface area contributed by atoms with Gasteiger partial charge in [-0.25, -0.2) is 13.8 Å². The van der Waals surface area contributed by atoms with Gasteiger partial charge in [0, 0.05) is 21.6 Å². The second-order valence-corrected chi connectivity index (χ2v) is 10.8. The molecule has 1 N–H and O–H groups in total. The van der Waals surface area contributed by atoms with Gasteiger partial charge in [0.2, 0.25) is 10.0 Å². The normalized spacial score (nSPS) is 11.8. The van der Waals surface area contributed by atoms with Gasteiger partial charge in [-0.15, -0.1) is 0 Å². The lowest BCUT2D eigenvalue weighted by Gasteiger charge is -2.22. The third kappa shape index (κ3) is 7.02. The van der Waals surface area contributed by atoms with Crippen LogP contribution in [0.5, 0.6) is 0 Å². The number of sulfonamides is 1. The molecule has 3 rings (SSSR count). The van der Waals surface area contributed by atoms with Crippen molar-refractivity contribution < 1.29 is 13.2 Å². The molecule has 0 saturated heterocycles. The lowest BCUT2D eigenvalue weighted by Crippen LogP contribution is -2.39. The number of rotatable bonds is 8. The van der Waals surface area contributed by atoms with Crippen molar-refractivity contribution in [3.63, 3.8) is 0 Å². The van der Waals surface area contributed by atoms with E-state index < -0.39 is 22.5 Å². The highest BCUT2D eigenvalue weighted by molar-refractivity contribution is 9.10. The molecule has 0 radical (unpaired) electrons. The largest absolute Gasteiger partial charge is 0.272 e. The summed E-state index contributed by atoms with van der Waals surface area (Å²) in [4.78, 5) is 12.6. The summed E-state index contributed by atoms with van der Waals surface area (Å²) in [5, 5.41) is 4.93. The van der Waals surface area contributed by atoms with Gasteiger partial charge in [-0.2, -0.15) is 9.41 Å². The van der Waals surface area contributed by atoms with Crippen LogP contribution in [0.3, 0.4) is 0 Å². The molecule has 0 heterocycles. The summed E-state index contributed by atoms with van der Waals surface area (Å²) in [6.07, 6.45) is 1.46. The van der Waals surface area contributed by atoms with Crippen LogP contribution < -0.4 is 5.43 Å². The number of carbonyl (C=O) groups is 1. The smallest absolute Gasteiger partial charge is 0.255 e. The van der Waals surface area contributed by atoms with Crippen LogP contribution in [0.1, 0.15) is 11.1 Å². The fourth-order valence-electron chi connectivity index (χ4n) is 2.77. The zero-order valence-electron chi connectivity index (χ0n) is 16.9. The third-order valence-corrected chi connectivity index (χ3v) is 7.93. The van der Waals surface area contributed by atoms with Gasteiger partial charge in [-0.1, -0.05) is 75.0 Å². The lowest BCUT2D eigenvalue weighted by molar-refractivity contribution is -0.121. The molecule has 0 aliphatic heterocycles. The first-order chi connectivity index (χ1) is 15.7. The van der Waals surface area contributed by atoms with Gasteiger partial charge in [0.15, 0.2) is 0 Å². The number of hydrogen-bond acceptors (Lipinski definition) is 4. The average molecular weight is 590 g/mol. The van der Waals surface area contributed by atoms with Crippen LogP contribution in [-0.2, 0) is 21.4 Å². The molecule has 0 aromatic heterocycles. The standard InChI is InChI=1S/C22H17BrCl3N3O3S/c23-19-4-2-1-3-16(19)12-27-28-22(30)14-29(13-15-5-10-20(25)21(26)11-15)33(31,32)18-8-6-17(24)7-9-18/h1-12H,13-14H2,(H,28,30)/b27-12-. The SMILES string of the molecule is O=C(CN(Cc1ccc(Cl)c(Cl)c1)S(=O)(=O)c1ccc(Cl)cc1)N/N=C\c1ccccc1Br. The maximum Gasteiger partial charge on any atom is 0.255 e. The first kappa shape index (κ1) is 25.7. The Morgan fingerprint density at radius 2 is 1.70 bits per heavy atom. The summed E-state index contributed by atoms with van der Waals surface area (Å²) >= 11 is 21.3. The highest BCUT2D eigenvalue weighted by Crippen LogP contribution is 2.25. The van der Waals surface area contributed by atoms with Crippen LogP contribution in [0.25, 0.3) is 0 Å². The van der Waals surface area contributed by atoms with Crippen LogP contribution >= 0.6 is 50.7 Å². The Balaban J connectivity index is 1.82. The Labute approximate surface area is 215 Å². The number of carbonyl (C=O) groups excluding carboxylic acids is 1. The van der Waals surface area contributed by atoms with Crippen molar-refractivity contribution in [2.45, 2.75) is 11.4 Å². The van der Waals surface area contributed by atoms with Gasteiger partial charge in [0.25, 0.3) is 5.91 Å². The molecule has 33 heavy (non-hydrogen) atoms. The lowest BCUT2D eigenvalue weighted by atomic mass is 10.2. The summed E-state index contributed by atoms with van der Waals surface area (Å²) in [6.45, 7) is -0.582. The van der Waals surface area contributed by atoms with E-state index >= 15 is 0 Å². The van der Waals surface area contributed by atoms with E-state index in [4.69, 9.17) is 34.8 Å².